The lowest BCUT2D eigenvalue weighted by atomic mass is 10.0. The van der Waals surface area contributed by atoms with E-state index in [2.05, 4.69) is 10.1 Å². The first-order valence-electron chi connectivity index (χ1n) is 6.79. The molecule has 6 nitrogen and oxygen atoms in total. The molecule has 1 N–H and O–H groups in total. The van der Waals surface area contributed by atoms with E-state index in [9.17, 15) is 18.0 Å². The standard InChI is InChI=1S/C13H13F3N4O2/c14-13(15,16)9-3-1-2-5-19(9)10-4-6-20-11(18-10)8(7-17-20)12(21)22/h4,6-7,9H,1-3,5H2,(H,21,22). The van der Waals surface area contributed by atoms with Crippen molar-refractivity contribution in [3.63, 3.8) is 0 Å². The van der Waals surface area contributed by atoms with Gasteiger partial charge in [0.05, 0.1) is 6.20 Å². The molecule has 0 bridgehead atoms. The Labute approximate surface area is 123 Å². The molecule has 3 rings (SSSR count). The molecule has 0 spiro atoms. The molecule has 1 aliphatic rings. The molecule has 22 heavy (non-hydrogen) atoms. The molecule has 118 valence electrons. The lowest BCUT2D eigenvalue weighted by molar-refractivity contribution is -0.152. The van der Waals surface area contributed by atoms with Crippen molar-refractivity contribution in [1.82, 2.24) is 14.6 Å². The summed E-state index contributed by atoms with van der Waals surface area (Å²) in [6.07, 6.45) is -0.621. The molecule has 0 radical (unpaired) electrons. The van der Waals surface area contributed by atoms with Crippen molar-refractivity contribution >= 4 is 17.4 Å². The second kappa shape index (κ2) is 5.15. The Morgan fingerprint density at radius 2 is 2.14 bits per heavy atom. The lowest BCUT2D eigenvalue weighted by Gasteiger charge is -2.37. The highest BCUT2D eigenvalue weighted by atomic mass is 19.4. The highest BCUT2D eigenvalue weighted by molar-refractivity contribution is 5.94. The van der Waals surface area contributed by atoms with Crippen LogP contribution in [-0.2, 0) is 0 Å². The van der Waals surface area contributed by atoms with Crippen molar-refractivity contribution in [2.45, 2.75) is 31.5 Å². The topological polar surface area (TPSA) is 70.7 Å². The van der Waals surface area contributed by atoms with E-state index in [0.717, 1.165) is 6.20 Å². The first kappa shape index (κ1) is 14.6. The first-order valence-corrected chi connectivity index (χ1v) is 6.79. The van der Waals surface area contributed by atoms with E-state index in [1.165, 1.54) is 21.7 Å². The minimum absolute atomic E-state index is 0.0153. The van der Waals surface area contributed by atoms with E-state index in [1.54, 1.807) is 0 Å². The van der Waals surface area contributed by atoms with Crippen LogP contribution in [0.3, 0.4) is 0 Å². The van der Waals surface area contributed by atoms with Crippen LogP contribution in [0.5, 0.6) is 0 Å². The van der Waals surface area contributed by atoms with Crippen LogP contribution in [0.2, 0.25) is 0 Å². The van der Waals surface area contributed by atoms with Crippen LogP contribution in [0.1, 0.15) is 29.6 Å². The molecule has 0 saturated carbocycles. The number of carboxylic acid groups (broad SMARTS) is 1. The third-order valence-electron chi connectivity index (χ3n) is 3.76. The molecule has 2 aromatic rings. The van der Waals surface area contributed by atoms with Gasteiger partial charge in [0.1, 0.15) is 17.4 Å². The van der Waals surface area contributed by atoms with Crippen LogP contribution in [0.4, 0.5) is 19.0 Å². The van der Waals surface area contributed by atoms with Gasteiger partial charge in [-0.1, -0.05) is 0 Å². The number of alkyl halides is 3. The molecule has 3 heterocycles. The SMILES string of the molecule is O=C(O)c1cnn2ccc(N3CCCCC3C(F)(F)F)nc12. The Balaban J connectivity index is 2.04. The average Bonchev–Trinajstić information content (AvgIpc) is 2.89. The van der Waals surface area contributed by atoms with Crippen LogP contribution in [0, 0.1) is 0 Å². The molecule has 2 aromatic heterocycles. The van der Waals surface area contributed by atoms with Crippen molar-refractivity contribution in [1.29, 1.82) is 0 Å². The Morgan fingerprint density at radius 3 is 2.82 bits per heavy atom. The molecule has 0 aromatic carbocycles. The molecule has 1 aliphatic heterocycles. The Kier molecular flexibility index (Phi) is 3.42. The van der Waals surface area contributed by atoms with Gasteiger partial charge >= 0.3 is 12.1 Å². The van der Waals surface area contributed by atoms with Crippen LogP contribution < -0.4 is 4.90 Å². The van der Waals surface area contributed by atoms with E-state index >= 15 is 0 Å². The molecule has 0 aliphatic carbocycles. The van der Waals surface area contributed by atoms with Crippen molar-refractivity contribution in [2.24, 2.45) is 0 Å². The minimum Gasteiger partial charge on any atom is -0.477 e. The Bertz CT molecular complexity index is 713. The monoisotopic (exact) mass is 314 g/mol. The van der Waals surface area contributed by atoms with Gasteiger partial charge in [-0.2, -0.15) is 18.3 Å². The fraction of sp³-hybridized carbons (Fsp3) is 0.462. The molecular weight excluding hydrogens is 301 g/mol. The van der Waals surface area contributed by atoms with Gasteiger partial charge in [0, 0.05) is 12.7 Å². The molecule has 1 fully saturated rings. The summed E-state index contributed by atoms with van der Waals surface area (Å²) >= 11 is 0. The number of rotatable bonds is 2. The molecule has 1 atom stereocenters. The minimum atomic E-state index is -4.34. The van der Waals surface area contributed by atoms with Gasteiger partial charge in [0.2, 0.25) is 0 Å². The fourth-order valence-electron chi connectivity index (χ4n) is 2.72. The fourth-order valence-corrected chi connectivity index (χ4v) is 2.72. The van der Waals surface area contributed by atoms with E-state index in [0.29, 0.717) is 12.8 Å². The number of carboxylic acids is 1. The zero-order chi connectivity index (χ0) is 15.9. The summed E-state index contributed by atoms with van der Waals surface area (Å²) in [6.45, 7) is 0.240. The number of carbonyl (C=O) groups is 1. The van der Waals surface area contributed by atoms with Crippen LogP contribution >= 0.6 is 0 Å². The molecule has 0 amide bonds. The van der Waals surface area contributed by atoms with Crippen molar-refractivity contribution in [3.8, 4) is 0 Å². The van der Waals surface area contributed by atoms with Gasteiger partial charge in [-0.25, -0.2) is 14.3 Å². The summed E-state index contributed by atoms with van der Waals surface area (Å²) in [5.41, 5.74) is -0.0982. The number of anilines is 1. The van der Waals surface area contributed by atoms with Crippen LogP contribution in [0.15, 0.2) is 18.5 Å². The second-order valence-corrected chi connectivity index (χ2v) is 5.16. The summed E-state index contributed by atoms with van der Waals surface area (Å²) < 4.78 is 40.7. The van der Waals surface area contributed by atoms with Gasteiger partial charge in [-0.3, -0.25) is 0 Å². The summed E-state index contributed by atoms with van der Waals surface area (Å²) in [7, 11) is 0. The molecule has 9 heteroatoms. The third-order valence-corrected chi connectivity index (χ3v) is 3.76. The Morgan fingerprint density at radius 1 is 1.36 bits per heavy atom. The van der Waals surface area contributed by atoms with E-state index in [-0.39, 0.29) is 30.0 Å². The van der Waals surface area contributed by atoms with Gasteiger partial charge in [-0.15, -0.1) is 0 Å². The summed E-state index contributed by atoms with van der Waals surface area (Å²) in [5.74, 6) is -1.09. The number of piperidine rings is 1. The van der Waals surface area contributed by atoms with Crippen molar-refractivity contribution in [3.05, 3.63) is 24.0 Å². The maximum absolute atomic E-state index is 13.2. The quantitative estimate of drug-likeness (QED) is 0.921. The normalized spacial score (nSPS) is 19.6. The zero-order valence-corrected chi connectivity index (χ0v) is 11.4. The molecule has 1 saturated heterocycles. The first-order chi connectivity index (χ1) is 10.4. The van der Waals surface area contributed by atoms with E-state index in [4.69, 9.17) is 5.11 Å². The lowest BCUT2D eigenvalue weighted by Crippen LogP contribution is -2.49. The average molecular weight is 314 g/mol. The van der Waals surface area contributed by atoms with Crippen molar-refractivity contribution in [2.75, 3.05) is 11.4 Å². The highest BCUT2D eigenvalue weighted by Gasteiger charge is 2.45. The number of aromatic nitrogens is 3. The molecule has 1 unspecified atom stereocenters. The van der Waals surface area contributed by atoms with Gasteiger partial charge < -0.3 is 10.0 Å². The number of hydrogen-bond acceptors (Lipinski definition) is 4. The number of halogens is 3. The molecular formula is C13H13F3N4O2. The maximum atomic E-state index is 13.2. The van der Waals surface area contributed by atoms with Gasteiger partial charge in [0.25, 0.3) is 0 Å². The number of hydrogen-bond donors (Lipinski definition) is 1. The second-order valence-electron chi connectivity index (χ2n) is 5.16. The van der Waals surface area contributed by atoms with Gasteiger partial charge in [-0.05, 0) is 25.3 Å². The predicted molar refractivity (Wildman–Crippen MR) is 71.0 cm³/mol. The summed E-state index contributed by atoms with van der Waals surface area (Å²) in [6, 6.07) is -0.164. The zero-order valence-electron chi connectivity index (χ0n) is 11.4. The smallest absolute Gasteiger partial charge is 0.408 e. The van der Waals surface area contributed by atoms with Crippen LogP contribution in [-0.4, -0.2) is 44.4 Å². The van der Waals surface area contributed by atoms with Crippen LogP contribution in [0.25, 0.3) is 5.65 Å². The summed E-state index contributed by atoms with van der Waals surface area (Å²) in [5, 5.41) is 12.9. The largest absolute Gasteiger partial charge is 0.477 e. The van der Waals surface area contributed by atoms with Gasteiger partial charge in [0.15, 0.2) is 5.65 Å². The number of aromatic carboxylic acids is 1. The maximum Gasteiger partial charge on any atom is 0.408 e. The summed E-state index contributed by atoms with van der Waals surface area (Å²) in [4.78, 5) is 16.4. The third kappa shape index (κ3) is 2.46. The number of nitrogens with zero attached hydrogens (tertiary/aromatic N) is 4. The highest BCUT2D eigenvalue weighted by Crippen LogP contribution is 2.34. The number of fused-ring (bicyclic) bond motifs is 1. The van der Waals surface area contributed by atoms with E-state index < -0.39 is 18.2 Å². The van der Waals surface area contributed by atoms with Crippen molar-refractivity contribution < 1.29 is 23.1 Å². The van der Waals surface area contributed by atoms with E-state index in [1.807, 2.05) is 0 Å². The predicted octanol–water partition coefficient (Wildman–Crippen LogP) is 2.35. The Hall–Kier alpha value is -2.32.